The van der Waals surface area contributed by atoms with Gasteiger partial charge in [0.15, 0.2) is 0 Å². The fourth-order valence-corrected chi connectivity index (χ4v) is 4.63. The van der Waals surface area contributed by atoms with Crippen LogP contribution in [0.1, 0.15) is 30.1 Å². The SMILES string of the molecule is CCOC(=O)c1ccc(N2C(=O)C[C@@H](NCCCN3CCN(c4ccc(OC)cc4)CC3)C2=O)cc1. The molecule has 0 saturated carbocycles. The lowest BCUT2D eigenvalue weighted by Crippen LogP contribution is -2.47. The molecule has 0 radical (unpaired) electrons. The van der Waals surface area contributed by atoms with E-state index < -0.39 is 12.0 Å². The third-order valence-electron chi connectivity index (χ3n) is 6.63. The molecule has 4 rings (SSSR count). The lowest BCUT2D eigenvalue weighted by atomic mass is 10.2. The predicted octanol–water partition coefficient (Wildman–Crippen LogP) is 2.31. The second-order valence-electron chi connectivity index (χ2n) is 8.93. The van der Waals surface area contributed by atoms with Crippen LogP contribution in [0, 0.1) is 0 Å². The van der Waals surface area contributed by atoms with E-state index in [4.69, 9.17) is 9.47 Å². The van der Waals surface area contributed by atoms with Crippen molar-refractivity contribution < 1.29 is 23.9 Å². The summed E-state index contributed by atoms with van der Waals surface area (Å²) in [4.78, 5) is 43.2. The number of benzene rings is 2. The highest BCUT2D eigenvalue weighted by Gasteiger charge is 2.39. The highest BCUT2D eigenvalue weighted by Crippen LogP contribution is 2.24. The van der Waals surface area contributed by atoms with Gasteiger partial charge in [-0.25, -0.2) is 9.69 Å². The van der Waals surface area contributed by atoms with Gasteiger partial charge in [-0.1, -0.05) is 0 Å². The predicted molar refractivity (Wildman–Crippen MR) is 138 cm³/mol. The molecule has 2 saturated heterocycles. The Morgan fingerprint density at radius 2 is 1.64 bits per heavy atom. The van der Waals surface area contributed by atoms with Crippen LogP contribution in [0.5, 0.6) is 5.75 Å². The number of rotatable bonds is 10. The number of carbonyl (C=O) groups is 3. The summed E-state index contributed by atoms with van der Waals surface area (Å²) in [6.07, 6.45) is 1.04. The van der Waals surface area contributed by atoms with E-state index in [1.807, 2.05) is 12.1 Å². The zero-order chi connectivity index (χ0) is 25.5. The van der Waals surface area contributed by atoms with Gasteiger partial charge in [0.05, 0.1) is 37.4 Å². The summed E-state index contributed by atoms with van der Waals surface area (Å²) < 4.78 is 10.2. The number of nitrogens with one attached hydrogen (secondary N) is 1. The molecular weight excluding hydrogens is 460 g/mol. The summed E-state index contributed by atoms with van der Waals surface area (Å²) in [6, 6.07) is 14.0. The van der Waals surface area contributed by atoms with Crippen LogP contribution in [0.25, 0.3) is 0 Å². The van der Waals surface area contributed by atoms with Gasteiger partial charge >= 0.3 is 5.97 Å². The minimum Gasteiger partial charge on any atom is -0.497 e. The highest BCUT2D eigenvalue weighted by molar-refractivity contribution is 6.22. The maximum atomic E-state index is 12.9. The molecule has 2 aromatic rings. The molecule has 36 heavy (non-hydrogen) atoms. The summed E-state index contributed by atoms with van der Waals surface area (Å²) >= 11 is 0. The molecule has 9 nitrogen and oxygen atoms in total. The number of imide groups is 1. The van der Waals surface area contributed by atoms with Crippen LogP contribution >= 0.6 is 0 Å². The fraction of sp³-hybridized carbons (Fsp3) is 0.444. The number of ether oxygens (including phenoxy) is 2. The summed E-state index contributed by atoms with van der Waals surface area (Å²) in [6.45, 7) is 7.56. The Balaban J connectivity index is 1.19. The smallest absolute Gasteiger partial charge is 0.338 e. The van der Waals surface area contributed by atoms with Crippen LogP contribution in [-0.2, 0) is 14.3 Å². The molecule has 192 valence electrons. The van der Waals surface area contributed by atoms with Gasteiger partial charge in [-0.05, 0) is 75.0 Å². The van der Waals surface area contributed by atoms with E-state index in [1.165, 1.54) is 10.6 Å². The molecule has 2 aliphatic heterocycles. The first-order valence-electron chi connectivity index (χ1n) is 12.5. The average Bonchev–Trinajstić information content (AvgIpc) is 3.19. The number of methoxy groups -OCH3 is 1. The number of nitrogens with zero attached hydrogens (tertiary/aromatic N) is 3. The number of hydrogen-bond donors (Lipinski definition) is 1. The molecule has 2 aromatic carbocycles. The first-order chi connectivity index (χ1) is 17.5. The monoisotopic (exact) mass is 494 g/mol. The number of amides is 2. The quantitative estimate of drug-likeness (QED) is 0.306. The van der Waals surface area contributed by atoms with E-state index in [0.29, 0.717) is 17.8 Å². The lowest BCUT2D eigenvalue weighted by Gasteiger charge is -2.36. The van der Waals surface area contributed by atoms with E-state index >= 15 is 0 Å². The molecule has 1 atom stereocenters. The molecule has 0 aliphatic carbocycles. The Hall–Kier alpha value is -3.43. The van der Waals surface area contributed by atoms with Gasteiger partial charge in [0.2, 0.25) is 5.91 Å². The van der Waals surface area contributed by atoms with Crippen LogP contribution < -0.4 is 19.9 Å². The minimum atomic E-state index is -0.519. The highest BCUT2D eigenvalue weighted by atomic mass is 16.5. The summed E-state index contributed by atoms with van der Waals surface area (Å²) in [5.41, 5.74) is 2.07. The number of piperazine rings is 1. The van der Waals surface area contributed by atoms with Crippen LogP contribution in [0.2, 0.25) is 0 Å². The molecule has 0 spiro atoms. The van der Waals surface area contributed by atoms with E-state index in [0.717, 1.165) is 44.9 Å². The molecule has 1 N–H and O–H groups in total. The van der Waals surface area contributed by atoms with Gasteiger partial charge in [0, 0.05) is 31.9 Å². The standard InChI is InChI=1S/C27H34N4O5/c1-3-36-27(34)20-5-7-22(8-6-20)31-25(32)19-24(26(31)33)28-13-4-14-29-15-17-30(18-16-29)21-9-11-23(35-2)12-10-21/h5-12,24,28H,3-4,13-19H2,1-2H3/t24-/m1/s1. The summed E-state index contributed by atoms with van der Waals surface area (Å²) in [5.74, 6) is -0.0554. The molecule has 0 aromatic heterocycles. The van der Waals surface area contributed by atoms with Crippen molar-refractivity contribution in [3.05, 3.63) is 54.1 Å². The second-order valence-corrected chi connectivity index (χ2v) is 8.93. The summed E-state index contributed by atoms with van der Waals surface area (Å²) in [5, 5.41) is 3.26. The Labute approximate surface area is 211 Å². The fourth-order valence-electron chi connectivity index (χ4n) is 4.63. The maximum Gasteiger partial charge on any atom is 0.338 e. The van der Waals surface area contributed by atoms with Gasteiger partial charge in [0.1, 0.15) is 5.75 Å². The van der Waals surface area contributed by atoms with Crippen molar-refractivity contribution in [1.82, 2.24) is 10.2 Å². The van der Waals surface area contributed by atoms with Gasteiger partial charge in [-0.3, -0.25) is 14.5 Å². The van der Waals surface area contributed by atoms with Crippen molar-refractivity contribution in [2.45, 2.75) is 25.8 Å². The van der Waals surface area contributed by atoms with Crippen molar-refractivity contribution in [3.63, 3.8) is 0 Å². The van der Waals surface area contributed by atoms with Gasteiger partial charge < -0.3 is 19.7 Å². The largest absolute Gasteiger partial charge is 0.497 e. The molecule has 2 heterocycles. The van der Waals surface area contributed by atoms with Crippen molar-refractivity contribution in [2.75, 3.05) is 62.8 Å². The number of anilines is 2. The molecule has 2 aliphatic rings. The minimum absolute atomic E-state index is 0.138. The van der Waals surface area contributed by atoms with Gasteiger partial charge in [-0.15, -0.1) is 0 Å². The Morgan fingerprint density at radius 1 is 0.972 bits per heavy atom. The third-order valence-corrected chi connectivity index (χ3v) is 6.63. The van der Waals surface area contributed by atoms with Gasteiger partial charge in [0.25, 0.3) is 5.91 Å². The number of esters is 1. The molecule has 9 heteroatoms. The summed E-state index contributed by atoms with van der Waals surface area (Å²) in [7, 11) is 1.67. The number of hydrogen-bond acceptors (Lipinski definition) is 8. The molecule has 0 bridgehead atoms. The Bertz CT molecular complexity index is 1050. The Kier molecular flexibility index (Phi) is 8.56. The van der Waals surface area contributed by atoms with E-state index in [-0.39, 0.29) is 24.8 Å². The van der Waals surface area contributed by atoms with Crippen molar-refractivity contribution in [3.8, 4) is 5.75 Å². The van der Waals surface area contributed by atoms with Gasteiger partial charge in [-0.2, -0.15) is 0 Å². The molecular formula is C27H34N4O5. The normalized spacial score (nSPS) is 18.6. The lowest BCUT2D eigenvalue weighted by molar-refractivity contribution is -0.121. The Morgan fingerprint density at radius 3 is 2.28 bits per heavy atom. The zero-order valence-corrected chi connectivity index (χ0v) is 20.9. The zero-order valence-electron chi connectivity index (χ0n) is 20.9. The molecule has 2 amide bonds. The van der Waals surface area contributed by atoms with Crippen LogP contribution in [0.3, 0.4) is 0 Å². The van der Waals surface area contributed by atoms with Crippen molar-refractivity contribution in [1.29, 1.82) is 0 Å². The van der Waals surface area contributed by atoms with E-state index in [2.05, 4.69) is 27.2 Å². The van der Waals surface area contributed by atoms with Crippen LogP contribution in [-0.4, -0.2) is 81.7 Å². The van der Waals surface area contributed by atoms with E-state index in [9.17, 15) is 14.4 Å². The van der Waals surface area contributed by atoms with Crippen molar-refractivity contribution in [2.24, 2.45) is 0 Å². The average molecular weight is 495 g/mol. The van der Waals surface area contributed by atoms with Crippen molar-refractivity contribution >= 4 is 29.2 Å². The van der Waals surface area contributed by atoms with Crippen LogP contribution in [0.4, 0.5) is 11.4 Å². The molecule has 2 fully saturated rings. The first-order valence-corrected chi connectivity index (χ1v) is 12.5. The third kappa shape index (κ3) is 6.03. The first kappa shape index (κ1) is 25.7. The maximum absolute atomic E-state index is 12.9. The number of carbonyl (C=O) groups excluding carboxylic acids is 3. The topological polar surface area (TPSA) is 91.4 Å². The molecule has 0 unspecified atom stereocenters. The van der Waals surface area contributed by atoms with E-state index in [1.54, 1.807) is 38.3 Å². The second kappa shape index (κ2) is 12.0. The van der Waals surface area contributed by atoms with Crippen LogP contribution in [0.15, 0.2) is 48.5 Å².